The third-order valence-electron chi connectivity index (χ3n) is 4.46. The number of ether oxygens (including phenoxy) is 1. The summed E-state index contributed by atoms with van der Waals surface area (Å²) in [5.41, 5.74) is 1.21. The highest BCUT2D eigenvalue weighted by Gasteiger charge is 2.35. The van der Waals surface area contributed by atoms with Gasteiger partial charge < -0.3 is 4.74 Å². The molecule has 1 heterocycles. The monoisotopic (exact) mass is 456 g/mol. The SMILES string of the molecule is Cc1ccc(OC(=O)c2ccc3c(c2)S(=O)(=O)c2ccccc2C3=O)c(Br)c1. The molecule has 28 heavy (non-hydrogen) atoms. The van der Waals surface area contributed by atoms with E-state index in [2.05, 4.69) is 15.9 Å². The van der Waals surface area contributed by atoms with Crippen LogP contribution >= 0.6 is 15.9 Å². The van der Waals surface area contributed by atoms with E-state index in [9.17, 15) is 18.0 Å². The van der Waals surface area contributed by atoms with Crippen molar-refractivity contribution in [1.82, 2.24) is 0 Å². The lowest BCUT2D eigenvalue weighted by Gasteiger charge is -2.19. The van der Waals surface area contributed by atoms with Crippen LogP contribution in [0.15, 0.2) is 74.9 Å². The number of sulfone groups is 1. The van der Waals surface area contributed by atoms with Crippen molar-refractivity contribution in [3.8, 4) is 5.75 Å². The lowest BCUT2D eigenvalue weighted by molar-refractivity contribution is 0.0732. The molecular formula is C21H13BrO5S. The molecule has 140 valence electrons. The number of carbonyl (C=O) groups excluding carboxylic acids is 2. The molecule has 7 heteroatoms. The van der Waals surface area contributed by atoms with Gasteiger partial charge in [0.1, 0.15) is 5.75 Å². The van der Waals surface area contributed by atoms with Gasteiger partial charge in [0.2, 0.25) is 9.84 Å². The van der Waals surface area contributed by atoms with Gasteiger partial charge in [0.25, 0.3) is 0 Å². The van der Waals surface area contributed by atoms with Crippen molar-refractivity contribution in [2.75, 3.05) is 0 Å². The number of hydrogen-bond acceptors (Lipinski definition) is 5. The van der Waals surface area contributed by atoms with Gasteiger partial charge in [-0.3, -0.25) is 4.79 Å². The standard InChI is InChI=1S/C21H13BrO5S/c1-12-6-9-17(16(22)10-12)27-21(24)13-7-8-15-19(11-13)28(25,26)18-5-3-2-4-14(18)20(15)23/h2-11H,1H3. The minimum Gasteiger partial charge on any atom is -0.422 e. The molecule has 0 atom stereocenters. The Morgan fingerprint density at radius 2 is 1.64 bits per heavy atom. The first-order chi connectivity index (χ1) is 13.3. The molecule has 0 N–H and O–H groups in total. The fourth-order valence-corrected chi connectivity index (χ4v) is 5.31. The van der Waals surface area contributed by atoms with Crippen molar-refractivity contribution in [2.45, 2.75) is 16.7 Å². The molecule has 1 aliphatic heterocycles. The minimum absolute atomic E-state index is 0.0435. The normalized spacial score (nSPS) is 14.1. The Morgan fingerprint density at radius 1 is 0.929 bits per heavy atom. The number of benzene rings is 3. The van der Waals surface area contributed by atoms with Gasteiger partial charge in [-0.25, -0.2) is 13.2 Å². The fourth-order valence-electron chi connectivity index (χ4n) is 3.06. The van der Waals surface area contributed by atoms with Crippen LogP contribution in [0.1, 0.15) is 31.8 Å². The minimum atomic E-state index is -3.91. The van der Waals surface area contributed by atoms with E-state index in [0.717, 1.165) is 5.56 Å². The van der Waals surface area contributed by atoms with Crippen molar-refractivity contribution in [3.63, 3.8) is 0 Å². The Bertz CT molecular complexity index is 1260. The van der Waals surface area contributed by atoms with Gasteiger partial charge in [0, 0.05) is 11.1 Å². The Balaban J connectivity index is 1.76. The average molecular weight is 457 g/mol. The predicted molar refractivity (Wildman–Crippen MR) is 106 cm³/mol. The van der Waals surface area contributed by atoms with E-state index in [1.165, 1.54) is 30.3 Å². The second-order valence-electron chi connectivity index (χ2n) is 6.36. The van der Waals surface area contributed by atoms with Crippen LogP contribution in [-0.4, -0.2) is 20.2 Å². The van der Waals surface area contributed by atoms with E-state index in [4.69, 9.17) is 4.74 Å². The van der Waals surface area contributed by atoms with Crippen molar-refractivity contribution in [2.24, 2.45) is 0 Å². The zero-order valence-corrected chi connectivity index (χ0v) is 17.0. The molecule has 0 aromatic heterocycles. The lowest BCUT2D eigenvalue weighted by atomic mass is 10.0. The summed E-state index contributed by atoms with van der Waals surface area (Å²) in [4.78, 5) is 25.0. The maximum Gasteiger partial charge on any atom is 0.343 e. The van der Waals surface area contributed by atoms with E-state index >= 15 is 0 Å². The highest BCUT2D eigenvalue weighted by atomic mass is 79.9. The summed E-state index contributed by atoms with van der Waals surface area (Å²) in [6.07, 6.45) is 0. The van der Waals surface area contributed by atoms with Crippen LogP contribution in [0, 0.1) is 6.92 Å². The van der Waals surface area contributed by atoms with Crippen LogP contribution in [0.4, 0.5) is 0 Å². The number of fused-ring (bicyclic) bond motifs is 2. The summed E-state index contributed by atoms with van der Waals surface area (Å²) >= 11 is 3.33. The maximum absolute atomic E-state index is 13.0. The number of hydrogen-bond donors (Lipinski definition) is 0. The quantitative estimate of drug-likeness (QED) is 0.330. The molecule has 0 unspecified atom stereocenters. The van der Waals surface area contributed by atoms with Crippen molar-refractivity contribution >= 4 is 37.5 Å². The number of esters is 1. The number of aryl methyl sites for hydroxylation is 1. The highest BCUT2D eigenvalue weighted by molar-refractivity contribution is 9.10. The second-order valence-corrected chi connectivity index (χ2v) is 9.10. The Kier molecular flexibility index (Phi) is 4.44. The van der Waals surface area contributed by atoms with Gasteiger partial charge in [-0.15, -0.1) is 0 Å². The largest absolute Gasteiger partial charge is 0.422 e. The van der Waals surface area contributed by atoms with E-state index in [-0.39, 0.29) is 32.3 Å². The number of halogens is 1. The smallest absolute Gasteiger partial charge is 0.343 e. The van der Waals surface area contributed by atoms with Crippen molar-refractivity contribution in [3.05, 3.63) is 87.4 Å². The van der Waals surface area contributed by atoms with E-state index < -0.39 is 15.8 Å². The van der Waals surface area contributed by atoms with E-state index in [1.807, 2.05) is 6.92 Å². The Morgan fingerprint density at radius 3 is 2.39 bits per heavy atom. The summed E-state index contributed by atoms with van der Waals surface area (Å²) < 4.78 is 31.9. The number of ketones is 1. The zero-order valence-electron chi connectivity index (χ0n) is 14.6. The van der Waals surface area contributed by atoms with E-state index in [0.29, 0.717) is 10.2 Å². The third kappa shape index (κ3) is 2.96. The average Bonchev–Trinajstić information content (AvgIpc) is 2.68. The zero-order chi connectivity index (χ0) is 20.1. The third-order valence-corrected chi connectivity index (χ3v) is 6.93. The first kappa shape index (κ1) is 18.6. The maximum atomic E-state index is 13.0. The summed E-state index contributed by atoms with van der Waals surface area (Å²) in [5, 5.41) is 0. The van der Waals surface area contributed by atoms with Gasteiger partial charge in [0.15, 0.2) is 5.78 Å². The van der Waals surface area contributed by atoms with Crippen LogP contribution in [0.2, 0.25) is 0 Å². The molecule has 0 amide bonds. The van der Waals surface area contributed by atoms with Crippen LogP contribution in [0.3, 0.4) is 0 Å². The van der Waals surface area contributed by atoms with Gasteiger partial charge in [-0.2, -0.15) is 0 Å². The van der Waals surface area contributed by atoms with Gasteiger partial charge in [-0.1, -0.05) is 18.2 Å². The lowest BCUT2D eigenvalue weighted by Crippen LogP contribution is -2.21. The van der Waals surface area contributed by atoms with Crippen LogP contribution in [0.25, 0.3) is 0 Å². The molecule has 0 bridgehead atoms. The molecule has 0 aliphatic carbocycles. The van der Waals surface area contributed by atoms with Gasteiger partial charge in [0.05, 0.1) is 19.8 Å². The second kappa shape index (κ2) is 6.68. The first-order valence-electron chi connectivity index (χ1n) is 8.30. The predicted octanol–water partition coefficient (Wildman–Crippen LogP) is 4.35. The van der Waals surface area contributed by atoms with Crippen LogP contribution in [-0.2, 0) is 9.84 Å². The molecule has 3 aromatic rings. The molecule has 4 rings (SSSR count). The molecule has 1 aliphatic rings. The summed E-state index contributed by atoms with van der Waals surface area (Å²) in [6, 6.07) is 15.2. The molecule has 5 nitrogen and oxygen atoms in total. The number of rotatable bonds is 2. The molecule has 0 fully saturated rings. The van der Waals surface area contributed by atoms with Crippen LogP contribution in [0.5, 0.6) is 5.75 Å². The van der Waals surface area contributed by atoms with Crippen molar-refractivity contribution in [1.29, 1.82) is 0 Å². The van der Waals surface area contributed by atoms with Crippen LogP contribution < -0.4 is 4.74 Å². The first-order valence-corrected chi connectivity index (χ1v) is 10.6. The molecule has 0 saturated heterocycles. The van der Waals surface area contributed by atoms with Gasteiger partial charge >= 0.3 is 5.97 Å². The Hall–Kier alpha value is -2.77. The molecule has 0 spiro atoms. The summed E-state index contributed by atoms with van der Waals surface area (Å²) in [6.45, 7) is 1.90. The highest BCUT2D eigenvalue weighted by Crippen LogP contribution is 2.35. The topological polar surface area (TPSA) is 77.5 Å². The molecule has 0 saturated carbocycles. The summed E-state index contributed by atoms with van der Waals surface area (Å²) in [5.74, 6) is -0.784. The van der Waals surface area contributed by atoms with Crippen molar-refractivity contribution < 1.29 is 22.7 Å². The van der Waals surface area contributed by atoms with E-state index in [1.54, 1.807) is 30.3 Å². The molecule has 0 radical (unpaired) electrons. The Labute approximate surface area is 170 Å². The van der Waals surface area contributed by atoms with Gasteiger partial charge in [-0.05, 0) is 70.9 Å². The fraction of sp³-hybridized carbons (Fsp3) is 0.0476. The molecule has 3 aromatic carbocycles. The molecular weight excluding hydrogens is 444 g/mol. The summed E-state index contributed by atoms with van der Waals surface area (Å²) in [7, 11) is -3.91. The number of carbonyl (C=O) groups is 2.